The number of rotatable bonds is 4. The van der Waals surface area contributed by atoms with E-state index < -0.39 is 0 Å². The summed E-state index contributed by atoms with van der Waals surface area (Å²) in [5.74, 6) is 0.283. The molecule has 0 radical (unpaired) electrons. The molecule has 1 heterocycles. The fraction of sp³-hybridized carbons (Fsp3) is 0.105. The van der Waals surface area contributed by atoms with Gasteiger partial charge >= 0.3 is 0 Å². The lowest BCUT2D eigenvalue weighted by Gasteiger charge is -2.06. The maximum absolute atomic E-state index is 12.5. The molecule has 0 atom stereocenters. The van der Waals surface area contributed by atoms with Crippen molar-refractivity contribution in [1.82, 2.24) is 10.4 Å². The molecule has 0 unspecified atom stereocenters. The highest BCUT2D eigenvalue weighted by atomic mass is 16.5. The highest BCUT2D eigenvalue weighted by molar-refractivity contribution is 6.06. The van der Waals surface area contributed by atoms with Crippen LogP contribution in [0.5, 0.6) is 11.5 Å². The van der Waals surface area contributed by atoms with Crippen LogP contribution >= 0.6 is 0 Å². The number of benzene rings is 2. The summed E-state index contributed by atoms with van der Waals surface area (Å²) in [7, 11) is 1.53. The molecular weight excluding hydrogens is 318 g/mol. The summed E-state index contributed by atoms with van der Waals surface area (Å²) in [5, 5.41) is 14.5. The molecule has 0 saturated heterocycles. The molecule has 0 fully saturated rings. The third-order valence-corrected chi connectivity index (χ3v) is 3.69. The van der Waals surface area contributed by atoms with Crippen LogP contribution in [0.4, 0.5) is 0 Å². The van der Waals surface area contributed by atoms with Gasteiger partial charge in [-0.3, -0.25) is 9.78 Å². The zero-order valence-corrected chi connectivity index (χ0v) is 13.9. The SMILES string of the molecule is COc1ccc(O)c(/C=N/NC(=O)c2cc(C)nc3ccccc23)c1. The van der Waals surface area contributed by atoms with Crippen molar-refractivity contribution in [2.75, 3.05) is 7.11 Å². The van der Waals surface area contributed by atoms with Crippen LogP contribution in [-0.2, 0) is 0 Å². The van der Waals surface area contributed by atoms with Crippen molar-refractivity contribution in [3.63, 3.8) is 0 Å². The molecule has 0 aliphatic rings. The van der Waals surface area contributed by atoms with Crippen molar-refractivity contribution in [1.29, 1.82) is 0 Å². The summed E-state index contributed by atoms with van der Waals surface area (Å²) in [6.45, 7) is 1.83. The number of nitrogens with one attached hydrogen (secondary N) is 1. The first kappa shape index (κ1) is 16.4. The lowest BCUT2D eigenvalue weighted by Crippen LogP contribution is -2.18. The highest BCUT2D eigenvalue weighted by Gasteiger charge is 2.11. The standard InChI is InChI=1S/C19H17N3O3/c1-12-9-16(15-5-3-4-6-17(15)21-12)19(24)22-20-11-13-10-14(25-2)7-8-18(13)23/h3-11,23H,1-2H3,(H,22,24)/b20-11+. The summed E-state index contributed by atoms with van der Waals surface area (Å²) < 4.78 is 5.10. The fourth-order valence-electron chi connectivity index (χ4n) is 2.48. The molecule has 2 aromatic carbocycles. The Balaban J connectivity index is 1.84. The summed E-state index contributed by atoms with van der Waals surface area (Å²) in [6.07, 6.45) is 1.37. The number of carbonyl (C=O) groups excluding carboxylic acids is 1. The Labute approximate surface area is 144 Å². The number of para-hydroxylation sites is 1. The van der Waals surface area contributed by atoms with Crippen LogP contribution in [0.1, 0.15) is 21.6 Å². The van der Waals surface area contributed by atoms with Crippen molar-refractivity contribution in [2.45, 2.75) is 6.92 Å². The lowest BCUT2D eigenvalue weighted by atomic mass is 10.1. The van der Waals surface area contributed by atoms with Gasteiger partial charge in [-0.05, 0) is 37.3 Å². The molecule has 126 valence electrons. The van der Waals surface area contributed by atoms with Crippen LogP contribution in [0.15, 0.2) is 53.6 Å². The second-order valence-corrected chi connectivity index (χ2v) is 5.45. The zero-order chi connectivity index (χ0) is 17.8. The normalized spacial score (nSPS) is 11.0. The van der Waals surface area contributed by atoms with Gasteiger partial charge in [0.15, 0.2) is 0 Å². The van der Waals surface area contributed by atoms with Crippen molar-refractivity contribution in [3.05, 3.63) is 65.4 Å². The average molecular weight is 335 g/mol. The minimum absolute atomic E-state index is 0.0454. The minimum Gasteiger partial charge on any atom is -0.507 e. The minimum atomic E-state index is -0.347. The van der Waals surface area contributed by atoms with E-state index >= 15 is 0 Å². The Morgan fingerprint density at radius 3 is 2.84 bits per heavy atom. The number of phenols is 1. The zero-order valence-electron chi connectivity index (χ0n) is 13.9. The summed E-state index contributed by atoms with van der Waals surface area (Å²) in [5.41, 5.74) is 4.92. The van der Waals surface area contributed by atoms with Gasteiger partial charge in [0.2, 0.25) is 0 Å². The number of ether oxygens (including phenoxy) is 1. The maximum atomic E-state index is 12.5. The third kappa shape index (κ3) is 3.58. The first-order chi connectivity index (χ1) is 12.1. The van der Waals surface area contributed by atoms with E-state index in [1.807, 2.05) is 31.2 Å². The van der Waals surface area contributed by atoms with Gasteiger partial charge in [0, 0.05) is 16.6 Å². The van der Waals surface area contributed by atoms with Gasteiger partial charge in [0.25, 0.3) is 5.91 Å². The Morgan fingerprint density at radius 1 is 1.24 bits per heavy atom. The molecule has 0 aliphatic heterocycles. The Bertz CT molecular complexity index is 967. The number of aryl methyl sites for hydroxylation is 1. The number of methoxy groups -OCH3 is 1. The number of carbonyl (C=O) groups is 1. The molecule has 0 spiro atoms. The number of nitrogens with zero attached hydrogens (tertiary/aromatic N) is 2. The van der Waals surface area contributed by atoms with Crippen molar-refractivity contribution >= 4 is 23.0 Å². The van der Waals surface area contributed by atoms with Gasteiger partial charge < -0.3 is 9.84 Å². The second kappa shape index (κ2) is 7.00. The number of pyridine rings is 1. The number of phenolic OH excluding ortho intramolecular Hbond substituents is 1. The van der Waals surface area contributed by atoms with Crippen molar-refractivity contribution < 1.29 is 14.6 Å². The van der Waals surface area contributed by atoms with Gasteiger partial charge in [0.05, 0.1) is 24.4 Å². The quantitative estimate of drug-likeness (QED) is 0.567. The largest absolute Gasteiger partial charge is 0.507 e. The van der Waals surface area contributed by atoms with Crippen LogP contribution in [0.3, 0.4) is 0 Å². The average Bonchev–Trinajstić information content (AvgIpc) is 2.62. The predicted octanol–water partition coefficient (Wildman–Crippen LogP) is 3.02. The summed E-state index contributed by atoms with van der Waals surface area (Å²) >= 11 is 0. The summed E-state index contributed by atoms with van der Waals surface area (Å²) in [6, 6.07) is 13.9. The van der Waals surface area contributed by atoms with Gasteiger partial charge in [-0.2, -0.15) is 5.10 Å². The first-order valence-corrected chi connectivity index (χ1v) is 7.65. The molecule has 6 nitrogen and oxygen atoms in total. The van der Waals surface area contributed by atoms with Crippen molar-refractivity contribution in [3.8, 4) is 11.5 Å². The summed E-state index contributed by atoms with van der Waals surface area (Å²) in [4.78, 5) is 16.9. The molecule has 3 rings (SSSR count). The Morgan fingerprint density at radius 2 is 2.04 bits per heavy atom. The van der Waals surface area contributed by atoms with Crippen LogP contribution in [0.2, 0.25) is 0 Å². The van der Waals surface area contributed by atoms with E-state index in [0.29, 0.717) is 16.9 Å². The molecule has 25 heavy (non-hydrogen) atoms. The van der Waals surface area contributed by atoms with Crippen LogP contribution in [0.25, 0.3) is 10.9 Å². The molecule has 0 bridgehead atoms. The number of fused-ring (bicyclic) bond motifs is 1. The lowest BCUT2D eigenvalue weighted by molar-refractivity contribution is 0.0956. The monoisotopic (exact) mass is 335 g/mol. The maximum Gasteiger partial charge on any atom is 0.272 e. The number of hydrogen-bond donors (Lipinski definition) is 2. The van der Waals surface area contributed by atoms with E-state index in [-0.39, 0.29) is 11.7 Å². The number of aromatic hydroxyl groups is 1. The van der Waals surface area contributed by atoms with Crippen LogP contribution in [0, 0.1) is 6.92 Å². The van der Waals surface area contributed by atoms with Gasteiger partial charge in [-0.25, -0.2) is 5.43 Å². The predicted molar refractivity (Wildman–Crippen MR) is 96.2 cm³/mol. The molecule has 2 N–H and O–H groups in total. The van der Waals surface area contributed by atoms with Gasteiger partial charge in [-0.15, -0.1) is 0 Å². The van der Waals surface area contributed by atoms with E-state index in [1.54, 1.807) is 18.2 Å². The molecule has 0 saturated carbocycles. The van der Waals surface area contributed by atoms with E-state index in [2.05, 4.69) is 15.5 Å². The van der Waals surface area contributed by atoms with E-state index in [1.165, 1.54) is 19.4 Å². The number of aromatic nitrogens is 1. The third-order valence-electron chi connectivity index (χ3n) is 3.69. The van der Waals surface area contributed by atoms with Crippen LogP contribution < -0.4 is 10.2 Å². The molecule has 1 amide bonds. The number of amides is 1. The number of hydrazone groups is 1. The van der Waals surface area contributed by atoms with E-state index in [9.17, 15) is 9.90 Å². The molecule has 3 aromatic rings. The second-order valence-electron chi connectivity index (χ2n) is 5.45. The van der Waals surface area contributed by atoms with Gasteiger partial charge in [-0.1, -0.05) is 18.2 Å². The van der Waals surface area contributed by atoms with Crippen LogP contribution in [-0.4, -0.2) is 29.3 Å². The fourth-order valence-corrected chi connectivity index (χ4v) is 2.48. The first-order valence-electron chi connectivity index (χ1n) is 7.65. The van der Waals surface area contributed by atoms with Crippen molar-refractivity contribution in [2.24, 2.45) is 5.10 Å². The smallest absolute Gasteiger partial charge is 0.272 e. The molecule has 6 heteroatoms. The van der Waals surface area contributed by atoms with E-state index in [0.717, 1.165) is 16.6 Å². The van der Waals surface area contributed by atoms with Gasteiger partial charge in [0.1, 0.15) is 11.5 Å². The molecular formula is C19H17N3O3. The molecule has 1 aromatic heterocycles. The highest BCUT2D eigenvalue weighted by Crippen LogP contribution is 2.21. The number of hydrogen-bond acceptors (Lipinski definition) is 5. The van der Waals surface area contributed by atoms with E-state index in [4.69, 9.17) is 4.74 Å². The Kier molecular flexibility index (Phi) is 4.61. The topological polar surface area (TPSA) is 83.8 Å². The molecule has 0 aliphatic carbocycles. The Hall–Kier alpha value is -3.41.